The van der Waals surface area contributed by atoms with E-state index in [0.717, 1.165) is 25.8 Å². The van der Waals surface area contributed by atoms with E-state index in [0.29, 0.717) is 30.7 Å². The molecular weight excluding hydrogens is 388 g/mol. The lowest BCUT2D eigenvalue weighted by Crippen LogP contribution is -2.29. The van der Waals surface area contributed by atoms with Gasteiger partial charge in [-0.2, -0.15) is 0 Å². The summed E-state index contributed by atoms with van der Waals surface area (Å²) in [6.07, 6.45) is 10.1. The van der Waals surface area contributed by atoms with Crippen molar-refractivity contribution in [2.24, 2.45) is 0 Å². The predicted molar refractivity (Wildman–Crippen MR) is 131 cm³/mol. The number of carbonyl (C=O) groups is 1. The summed E-state index contributed by atoms with van der Waals surface area (Å²) >= 11 is 1.72. The molecule has 4 heteroatoms. The van der Waals surface area contributed by atoms with Crippen molar-refractivity contribution in [1.29, 1.82) is 0 Å². The van der Waals surface area contributed by atoms with Crippen molar-refractivity contribution >= 4 is 17.9 Å². The van der Waals surface area contributed by atoms with E-state index < -0.39 is 0 Å². The van der Waals surface area contributed by atoms with Crippen LogP contribution in [-0.4, -0.2) is 19.0 Å². The molecule has 1 aromatic carbocycles. The molecule has 0 aliphatic heterocycles. The molecule has 0 unspecified atom stereocenters. The van der Waals surface area contributed by atoms with E-state index in [1.165, 1.54) is 27.2 Å². The maximum absolute atomic E-state index is 12.1. The number of hydrogen-bond donors (Lipinski definition) is 2. The average Bonchev–Trinajstić information content (AvgIpc) is 2.72. The van der Waals surface area contributed by atoms with Crippen molar-refractivity contribution in [3.05, 3.63) is 52.6 Å². The van der Waals surface area contributed by atoms with Gasteiger partial charge in [0.1, 0.15) is 0 Å². The Morgan fingerprint density at radius 1 is 0.967 bits per heavy atom. The van der Waals surface area contributed by atoms with Gasteiger partial charge < -0.3 is 5.32 Å². The lowest BCUT2D eigenvalue weighted by atomic mass is 9.89. The first-order chi connectivity index (χ1) is 14.3. The van der Waals surface area contributed by atoms with Gasteiger partial charge in [-0.3, -0.25) is 9.52 Å². The molecule has 2 N–H and O–H groups in total. The minimum atomic E-state index is 0.143. The summed E-state index contributed by atoms with van der Waals surface area (Å²) in [6, 6.07) is 4.75. The van der Waals surface area contributed by atoms with Crippen molar-refractivity contribution in [3.8, 4) is 0 Å². The minimum Gasteiger partial charge on any atom is -0.355 e. The maximum Gasteiger partial charge on any atom is 0.220 e. The number of amides is 1. The highest BCUT2D eigenvalue weighted by atomic mass is 32.2. The zero-order valence-electron chi connectivity index (χ0n) is 19.7. The summed E-state index contributed by atoms with van der Waals surface area (Å²) < 4.78 is 3.48. The molecule has 1 aliphatic carbocycles. The fraction of sp³-hybridized carbons (Fsp3) is 0.577. The molecule has 0 saturated carbocycles. The third-order valence-corrected chi connectivity index (χ3v) is 6.59. The highest BCUT2D eigenvalue weighted by Crippen LogP contribution is 2.37. The highest BCUT2D eigenvalue weighted by molar-refractivity contribution is 7.97. The topological polar surface area (TPSA) is 41.1 Å². The average molecular weight is 429 g/mol. The fourth-order valence-corrected chi connectivity index (χ4v) is 4.77. The predicted octanol–water partition coefficient (Wildman–Crippen LogP) is 6.83. The molecule has 0 radical (unpaired) electrons. The number of allylic oxidation sites excluding steroid dienone is 4. The first kappa shape index (κ1) is 24.7. The van der Waals surface area contributed by atoms with Gasteiger partial charge in [0.2, 0.25) is 5.91 Å². The Morgan fingerprint density at radius 2 is 1.63 bits per heavy atom. The van der Waals surface area contributed by atoms with Crippen molar-refractivity contribution in [3.63, 3.8) is 0 Å². The summed E-state index contributed by atoms with van der Waals surface area (Å²) in [7, 11) is 0. The Hall–Kier alpha value is -1.52. The van der Waals surface area contributed by atoms with Crippen molar-refractivity contribution in [2.45, 2.75) is 89.9 Å². The van der Waals surface area contributed by atoms with Crippen LogP contribution >= 0.6 is 11.9 Å². The van der Waals surface area contributed by atoms with E-state index in [4.69, 9.17) is 0 Å². The SMILES string of the molecule is CC(C)c1cc(C(C)C)c(SNCCNC(=O)CCC2=CCC=CC2)c(C(C)C)c1. The second kappa shape index (κ2) is 12.4. The molecule has 0 heterocycles. The third kappa shape index (κ3) is 7.63. The van der Waals surface area contributed by atoms with Gasteiger partial charge in [-0.1, -0.05) is 77.5 Å². The Morgan fingerprint density at radius 3 is 2.17 bits per heavy atom. The van der Waals surface area contributed by atoms with Crippen LogP contribution in [0.2, 0.25) is 0 Å². The molecule has 30 heavy (non-hydrogen) atoms. The van der Waals surface area contributed by atoms with Crippen LogP contribution < -0.4 is 10.0 Å². The summed E-state index contributed by atoms with van der Waals surface area (Å²) in [4.78, 5) is 13.5. The molecule has 3 nitrogen and oxygen atoms in total. The smallest absolute Gasteiger partial charge is 0.220 e. The number of rotatable bonds is 11. The minimum absolute atomic E-state index is 0.143. The molecule has 2 rings (SSSR count). The van der Waals surface area contributed by atoms with Crippen LogP contribution in [0.5, 0.6) is 0 Å². The van der Waals surface area contributed by atoms with Gasteiger partial charge >= 0.3 is 0 Å². The molecule has 0 spiro atoms. The van der Waals surface area contributed by atoms with Crippen LogP contribution in [0.15, 0.2) is 40.8 Å². The largest absolute Gasteiger partial charge is 0.355 e. The van der Waals surface area contributed by atoms with E-state index in [1.54, 1.807) is 11.9 Å². The number of nitrogens with one attached hydrogen (secondary N) is 2. The number of carbonyl (C=O) groups excluding carboxylic acids is 1. The Bertz CT molecular complexity index is 733. The lowest BCUT2D eigenvalue weighted by Gasteiger charge is -2.22. The van der Waals surface area contributed by atoms with Crippen molar-refractivity contribution in [2.75, 3.05) is 13.1 Å². The van der Waals surface area contributed by atoms with Crippen molar-refractivity contribution in [1.82, 2.24) is 10.0 Å². The zero-order valence-corrected chi connectivity index (χ0v) is 20.5. The Kier molecular flexibility index (Phi) is 10.2. The number of hydrogen-bond acceptors (Lipinski definition) is 3. The summed E-state index contributed by atoms with van der Waals surface area (Å²) in [5, 5.41) is 3.05. The molecule has 0 saturated heterocycles. The molecule has 1 aromatic rings. The van der Waals surface area contributed by atoms with Crippen LogP contribution in [0.3, 0.4) is 0 Å². The van der Waals surface area contributed by atoms with Gasteiger partial charge in [0.05, 0.1) is 0 Å². The summed E-state index contributed by atoms with van der Waals surface area (Å²) in [5.41, 5.74) is 5.64. The van der Waals surface area contributed by atoms with Gasteiger partial charge in [-0.05, 0) is 65.7 Å². The molecule has 1 amide bonds. The van der Waals surface area contributed by atoms with E-state index in [-0.39, 0.29) is 5.91 Å². The summed E-state index contributed by atoms with van der Waals surface area (Å²) in [6.45, 7) is 15.0. The first-order valence-corrected chi connectivity index (χ1v) is 12.3. The van der Waals surface area contributed by atoms with E-state index in [1.807, 2.05) is 0 Å². The van der Waals surface area contributed by atoms with Gasteiger partial charge in [-0.25, -0.2) is 0 Å². The first-order valence-electron chi connectivity index (χ1n) is 11.5. The fourth-order valence-electron chi connectivity index (χ4n) is 3.60. The summed E-state index contributed by atoms with van der Waals surface area (Å²) in [5.74, 6) is 1.63. The molecule has 166 valence electrons. The van der Waals surface area contributed by atoms with Crippen LogP contribution in [0.4, 0.5) is 0 Å². The van der Waals surface area contributed by atoms with E-state index in [9.17, 15) is 4.79 Å². The highest BCUT2D eigenvalue weighted by Gasteiger charge is 2.17. The molecule has 0 atom stereocenters. The molecular formula is C26H40N2OS. The third-order valence-electron chi connectivity index (χ3n) is 5.57. The van der Waals surface area contributed by atoms with Crippen LogP contribution in [0, 0.1) is 0 Å². The van der Waals surface area contributed by atoms with Gasteiger partial charge in [0, 0.05) is 24.4 Å². The zero-order chi connectivity index (χ0) is 22.1. The number of benzene rings is 1. The van der Waals surface area contributed by atoms with Crippen molar-refractivity contribution < 1.29 is 4.79 Å². The van der Waals surface area contributed by atoms with Crippen LogP contribution in [0.25, 0.3) is 0 Å². The Balaban J connectivity index is 1.86. The van der Waals surface area contributed by atoms with Gasteiger partial charge in [-0.15, -0.1) is 0 Å². The van der Waals surface area contributed by atoms with Gasteiger partial charge in [0.15, 0.2) is 0 Å². The van der Waals surface area contributed by atoms with Gasteiger partial charge in [0.25, 0.3) is 0 Å². The van der Waals surface area contributed by atoms with Crippen LogP contribution in [0.1, 0.15) is 102 Å². The quantitative estimate of drug-likeness (QED) is 0.231. The standard InChI is InChI=1S/C26H40N2OS/c1-18(2)22-16-23(19(3)4)26(24(17-22)20(5)6)30-28-15-14-27-25(29)13-12-21-10-8-7-9-11-21/h7-8,11,16-20,28H,9-10,12-15H2,1-6H3,(H,27,29). The second-order valence-electron chi connectivity index (χ2n) is 9.11. The molecule has 0 bridgehead atoms. The second-order valence-corrected chi connectivity index (χ2v) is 10.0. The monoisotopic (exact) mass is 428 g/mol. The normalized spacial score (nSPS) is 14.0. The lowest BCUT2D eigenvalue weighted by molar-refractivity contribution is -0.121. The molecule has 0 fully saturated rings. The maximum atomic E-state index is 12.1. The van der Waals surface area contributed by atoms with E-state index >= 15 is 0 Å². The Labute approximate surface area is 188 Å². The molecule has 0 aromatic heterocycles. The van der Waals surface area contributed by atoms with Crippen LogP contribution in [-0.2, 0) is 4.79 Å². The van der Waals surface area contributed by atoms with E-state index in [2.05, 4.69) is 81.9 Å². The molecule has 1 aliphatic rings.